The summed E-state index contributed by atoms with van der Waals surface area (Å²) in [6.07, 6.45) is 19.1. The minimum atomic E-state index is -0.932. The van der Waals surface area contributed by atoms with Crippen LogP contribution in [0.4, 0.5) is 11.4 Å². The largest absolute Gasteiger partial charge is 0.496 e. The number of para-hydroxylation sites is 1. The molecule has 1 aliphatic heterocycles. The molecule has 2 heterocycles. The summed E-state index contributed by atoms with van der Waals surface area (Å²) >= 11 is 1.71. The summed E-state index contributed by atoms with van der Waals surface area (Å²) in [6.45, 7) is 14.5. The molecular weight excluding hydrogens is 653 g/mol. The van der Waals surface area contributed by atoms with Gasteiger partial charge in [-0.05, 0) is 104 Å². The van der Waals surface area contributed by atoms with Crippen LogP contribution in [0.3, 0.4) is 0 Å². The van der Waals surface area contributed by atoms with E-state index in [1.165, 1.54) is 38.9 Å². The fourth-order valence-electron chi connectivity index (χ4n) is 6.45. The quantitative estimate of drug-likeness (QED) is 0.112. The molecule has 0 fully saturated rings. The van der Waals surface area contributed by atoms with Crippen LogP contribution in [0, 0.1) is 26.7 Å². The first-order valence-electron chi connectivity index (χ1n) is 17.5. The number of allylic oxidation sites excluding steroid dienone is 6. The number of carboxylic acid groups (broad SMARTS) is 1. The van der Waals surface area contributed by atoms with Gasteiger partial charge < -0.3 is 25.0 Å². The van der Waals surface area contributed by atoms with Gasteiger partial charge in [-0.25, -0.2) is 9.78 Å². The second-order valence-electron chi connectivity index (χ2n) is 12.9. The summed E-state index contributed by atoms with van der Waals surface area (Å²) in [6, 6.07) is 19.7. The van der Waals surface area contributed by atoms with Crippen molar-refractivity contribution >= 4 is 35.2 Å². The Morgan fingerprint density at radius 2 is 1.73 bits per heavy atom. The zero-order chi connectivity index (χ0) is 37.1. The second kappa shape index (κ2) is 18.4. The van der Waals surface area contributed by atoms with Gasteiger partial charge in [0.05, 0.1) is 25.2 Å². The SMILES string of the molecule is CCC(CC)C(c1ccc(N2c3ccccc3SC2N)cc1)n1ccnc1.COc1cc(C)c(/C=C/C(C)=C/C=C/C(C)=C/C(=O)O)c(C)c1C. The fourth-order valence-corrected chi connectivity index (χ4v) is 7.49. The van der Waals surface area contributed by atoms with Gasteiger partial charge in [0.1, 0.15) is 11.2 Å². The Balaban J connectivity index is 0.000000231. The lowest BCUT2D eigenvalue weighted by Crippen LogP contribution is -2.32. The molecule has 268 valence electrons. The Morgan fingerprint density at radius 1 is 1.02 bits per heavy atom. The number of carboxylic acids is 1. The summed E-state index contributed by atoms with van der Waals surface area (Å²) in [7, 11) is 1.69. The third-order valence-electron chi connectivity index (χ3n) is 9.39. The number of thioether (sulfide) groups is 1. The van der Waals surface area contributed by atoms with Crippen molar-refractivity contribution in [2.24, 2.45) is 11.7 Å². The van der Waals surface area contributed by atoms with E-state index in [-0.39, 0.29) is 5.50 Å². The molecule has 0 radical (unpaired) electrons. The van der Waals surface area contributed by atoms with Gasteiger partial charge >= 0.3 is 5.97 Å². The molecule has 0 saturated heterocycles. The maximum absolute atomic E-state index is 10.6. The summed E-state index contributed by atoms with van der Waals surface area (Å²) in [5.41, 5.74) is 16.5. The first-order chi connectivity index (χ1) is 24.5. The Labute approximate surface area is 308 Å². The molecule has 1 aromatic heterocycles. The maximum Gasteiger partial charge on any atom is 0.328 e. The van der Waals surface area contributed by atoms with Crippen LogP contribution in [0.1, 0.15) is 74.4 Å². The third-order valence-corrected chi connectivity index (χ3v) is 10.4. The summed E-state index contributed by atoms with van der Waals surface area (Å²) in [4.78, 5) is 18.3. The van der Waals surface area contributed by atoms with E-state index in [1.807, 2.05) is 31.6 Å². The number of aryl methyl sites for hydroxylation is 1. The monoisotopic (exact) mass is 704 g/mol. The van der Waals surface area contributed by atoms with Gasteiger partial charge in [0.15, 0.2) is 0 Å². The molecule has 51 heavy (non-hydrogen) atoms. The van der Waals surface area contributed by atoms with Crippen molar-refractivity contribution < 1.29 is 14.6 Å². The van der Waals surface area contributed by atoms with Crippen molar-refractivity contribution in [3.8, 4) is 5.75 Å². The molecule has 7 nitrogen and oxygen atoms in total. The molecule has 3 aromatic carbocycles. The number of rotatable bonds is 12. The number of fused-ring (bicyclic) bond motifs is 1. The highest BCUT2D eigenvalue weighted by Crippen LogP contribution is 2.45. The molecule has 4 aromatic rings. The molecule has 2 atom stereocenters. The van der Waals surface area contributed by atoms with Crippen molar-refractivity contribution in [3.63, 3.8) is 0 Å². The number of carbonyl (C=O) groups is 1. The van der Waals surface area contributed by atoms with E-state index in [4.69, 9.17) is 15.6 Å². The fraction of sp³-hybridized carbons (Fsp3) is 0.302. The maximum atomic E-state index is 10.6. The van der Waals surface area contributed by atoms with Crippen molar-refractivity contribution in [3.05, 3.63) is 143 Å². The van der Waals surface area contributed by atoms with E-state index >= 15 is 0 Å². The van der Waals surface area contributed by atoms with E-state index in [1.54, 1.807) is 31.9 Å². The molecule has 3 N–H and O–H groups in total. The highest BCUT2D eigenvalue weighted by molar-refractivity contribution is 8.00. The Morgan fingerprint density at radius 3 is 2.35 bits per heavy atom. The molecule has 5 rings (SSSR count). The molecule has 2 unspecified atom stereocenters. The van der Waals surface area contributed by atoms with Gasteiger partial charge in [0.2, 0.25) is 0 Å². The number of hydrogen-bond acceptors (Lipinski definition) is 6. The number of aliphatic carboxylic acids is 1. The third kappa shape index (κ3) is 9.93. The lowest BCUT2D eigenvalue weighted by Gasteiger charge is -2.28. The molecule has 8 heteroatoms. The average molecular weight is 705 g/mol. The Bertz CT molecular complexity index is 1890. The topological polar surface area (TPSA) is 93.6 Å². The zero-order valence-corrected chi connectivity index (χ0v) is 31.9. The van der Waals surface area contributed by atoms with Crippen LogP contribution in [0.2, 0.25) is 0 Å². The number of anilines is 2. The highest BCUT2D eigenvalue weighted by Gasteiger charge is 2.29. The smallest absolute Gasteiger partial charge is 0.328 e. The molecule has 0 saturated carbocycles. The first-order valence-corrected chi connectivity index (χ1v) is 18.3. The lowest BCUT2D eigenvalue weighted by molar-refractivity contribution is -0.131. The predicted molar refractivity (Wildman–Crippen MR) is 214 cm³/mol. The molecule has 1 aliphatic rings. The number of imidazole rings is 1. The molecule has 0 aliphatic carbocycles. The van der Waals surface area contributed by atoms with Gasteiger partial charge in [-0.1, -0.05) is 98.7 Å². The van der Waals surface area contributed by atoms with Gasteiger partial charge in [0, 0.05) is 29.1 Å². The van der Waals surface area contributed by atoms with Crippen LogP contribution in [0.5, 0.6) is 5.75 Å². The van der Waals surface area contributed by atoms with Gasteiger partial charge in [-0.15, -0.1) is 0 Å². The number of methoxy groups -OCH3 is 1. The van der Waals surface area contributed by atoms with Crippen LogP contribution in [-0.2, 0) is 4.79 Å². The van der Waals surface area contributed by atoms with Crippen LogP contribution in [-0.4, -0.2) is 33.2 Å². The molecule has 0 spiro atoms. The van der Waals surface area contributed by atoms with Gasteiger partial charge in [0.25, 0.3) is 0 Å². The minimum Gasteiger partial charge on any atom is -0.496 e. The van der Waals surface area contributed by atoms with Crippen molar-refractivity contribution in [1.82, 2.24) is 9.55 Å². The van der Waals surface area contributed by atoms with Crippen molar-refractivity contribution in [2.75, 3.05) is 12.0 Å². The van der Waals surface area contributed by atoms with E-state index in [0.29, 0.717) is 17.5 Å². The van der Waals surface area contributed by atoms with Crippen LogP contribution in [0.15, 0.2) is 120 Å². The molecule has 0 amide bonds. The molecule has 0 bridgehead atoms. The summed E-state index contributed by atoms with van der Waals surface area (Å²) < 4.78 is 7.63. The van der Waals surface area contributed by atoms with E-state index in [9.17, 15) is 4.79 Å². The second-order valence-corrected chi connectivity index (χ2v) is 14.0. The summed E-state index contributed by atoms with van der Waals surface area (Å²) in [5, 5.41) is 8.67. The van der Waals surface area contributed by atoms with Gasteiger partial charge in [-0.3, -0.25) is 0 Å². The van der Waals surface area contributed by atoms with E-state index < -0.39 is 5.97 Å². The van der Waals surface area contributed by atoms with Crippen molar-refractivity contribution in [1.29, 1.82) is 0 Å². The average Bonchev–Trinajstić information content (AvgIpc) is 3.76. The normalized spacial score (nSPS) is 15.3. The van der Waals surface area contributed by atoms with E-state index in [2.05, 4.69) is 122 Å². The minimum absolute atomic E-state index is 0.0864. The standard InChI is InChI=1S/C22H26N4S.C21H26O3/c1-3-16(4-2)21(25-14-13-24-15-25)17-9-11-18(12-10-17)26-19-7-5-6-8-20(19)27-22(26)23;1-14(8-7-9-15(2)12-21(22)23)10-11-19-16(3)13-20(24-6)18(5)17(19)4/h5-16,21-22H,3-4,23H2,1-2H3;7-13H,1-6H3,(H,22,23)/b;9-7+,11-10+,14-8+,15-12+. The summed E-state index contributed by atoms with van der Waals surface area (Å²) in [5.74, 6) is 0.562. The number of benzene rings is 3. The van der Waals surface area contributed by atoms with Crippen LogP contribution < -0.4 is 15.4 Å². The zero-order valence-electron chi connectivity index (χ0n) is 31.1. The highest BCUT2D eigenvalue weighted by atomic mass is 32.2. The number of nitrogens with two attached hydrogens (primary N) is 1. The number of aromatic nitrogens is 2. The predicted octanol–water partition coefficient (Wildman–Crippen LogP) is 10.6. The number of nitrogens with zero attached hydrogens (tertiary/aromatic N) is 3. The molecular formula is C43H52N4O3S. The van der Waals surface area contributed by atoms with Gasteiger partial charge in [-0.2, -0.15) is 0 Å². The Hall–Kier alpha value is -4.79. The van der Waals surface area contributed by atoms with Crippen LogP contribution >= 0.6 is 11.8 Å². The number of hydrogen-bond donors (Lipinski definition) is 2. The lowest BCUT2D eigenvalue weighted by atomic mass is 9.88. The number of ether oxygens (including phenoxy) is 1. The van der Waals surface area contributed by atoms with Crippen LogP contribution in [0.25, 0.3) is 6.08 Å². The first kappa shape index (κ1) is 39.0. The van der Waals surface area contributed by atoms with Crippen molar-refractivity contribution in [2.45, 2.75) is 77.7 Å². The van der Waals surface area contributed by atoms with E-state index in [0.717, 1.165) is 35.4 Å². The Kier molecular flexibility index (Phi) is 14.1.